The van der Waals surface area contributed by atoms with E-state index in [1.807, 2.05) is 6.92 Å². The number of aliphatic hydroxyl groups excluding tert-OH is 1. The molecule has 0 bridgehead atoms. The van der Waals surface area contributed by atoms with Crippen LogP contribution in [0, 0.1) is 0 Å². The Morgan fingerprint density at radius 3 is 2.64 bits per heavy atom. The Labute approximate surface area is 131 Å². The lowest BCUT2D eigenvalue weighted by atomic mass is 10.1. The molecule has 1 unspecified atom stereocenters. The third-order valence-electron chi connectivity index (χ3n) is 3.53. The van der Waals surface area contributed by atoms with Crippen LogP contribution in [0.1, 0.15) is 62.9 Å². The number of nitrogens with zero attached hydrogens (tertiary/aromatic N) is 1. The summed E-state index contributed by atoms with van der Waals surface area (Å²) in [6, 6.07) is 0. The van der Waals surface area contributed by atoms with E-state index in [0.717, 1.165) is 13.0 Å². The van der Waals surface area contributed by atoms with Gasteiger partial charge in [0.1, 0.15) is 11.5 Å². The highest BCUT2D eigenvalue weighted by atomic mass is 16.6. The van der Waals surface area contributed by atoms with Crippen LogP contribution in [0.2, 0.25) is 0 Å². The Bertz CT molecular complexity index is 488. The number of hydrogen-bond acceptors (Lipinski definition) is 5. The minimum atomic E-state index is -1.18. The minimum Gasteiger partial charge on any atom is -0.381 e. The van der Waals surface area contributed by atoms with Crippen molar-refractivity contribution in [3.8, 4) is 0 Å². The van der Waals surface area contributed by atoms with E-state index in [4.69, 9.17) is 9.47 Å². The molecule has 0 aromatic carbocycles. The third kappa shape index (κ3) is 5.87. The van der Waals surface area contributed by atoms with Crippen molar-refractivity contribution in [2.75, 3.05) is 20.3 Å². The second-order valence-corrected chi connectivity index (χ2v) is 5.24. The lowest BCUT2D eigenvalue weighted by Gasteiger charge is -2.13. The highest BCUT2D eigenvalue weighted by Crippen LogP contribution is 2.14. The molecule has 6 heteroatoms. The number of H-pyrrole nitrogens is 1. The molecule has 126 valence electrons. The van der Waals surface area contributed by atoms with Gasteiger partial charge >= 0.3 is 0 Å². The van der Waals surface area contributed by atoms with E-state index >= 15 is 0 Å². The Morgan fingerprint density at radius 2 is 2.00 bits per heavy atom. The summed E-state index contributed by atoms with van der Waals surface area (Å²) >= 11 is 0. The maximum Gasteiger partial charge on any atom is 0.254 e. The molecule has 1 atom stereocenters. The van der Waals surface area contributed by atoms with Crippen LogP contribution in [0.5, 0.6) is 0 Å². The zero-order valence-electron chi connectivity index (χ0n) is 13.9. The summed E-state index contributed by atoms with van der Waals surface area (Å²) < 4.78 is 10.4. The summed E-state index contributed by atoms with van der Waals surface area (Å²) in [4.78, 5) is 19.1. The van der Waals surface area contributed by atoms with Crippen molar-refractivity contribution in [2.45, 2.75) is 58.7 Å². The van der Waals surface area contributed by atoms with Gasteiger partial charge in [-0.2, -0.15) is 0 Å². The maximum absolute atomic E-state index is 12.0. The topological polar surface area (TPSA) is 84.4 Å². The number of methoxy groups -OCH3 is 1. The summed E-state index contributed by atoms with van der Waals surface area (Å²) in [6.45, 7) is 5.25. The van der Waals surface area contributed by atoms with Gasteiger partial charge in [0.05, 0.1) is 6.61 Å². The smallest absolute Gasteiger partial charge is 0.254 e. The number of aliphatic hydroxyl groups is 1. The van der Waals surface area contributed by atoms with Crippen LogP contribution in [0.25, 0.3) is 0 Å². The first-order valence-corrected chi connectivity index (χ1v) is 8.04. The predicted molar refractivity (Wildman–Crippen MR) is 84.9 cm³/mol. The van der Waals surface area contributed by atoms with Crippen molar-refractivity contribution in [3.05, 3.63) is 27.4 Å². The fraction of sp³-hybridized carbons (Fsp3) is 0.750. The molecule has 0 fully saturated rings. The Balaban J connectivity index is 2.57. The van der Waals surface area contributed by atoms with Crippen molar-refractivity contribution in [1.29, 1.82) is 0 Å². The van der Waals surface area contributed by atoms with Crippen LogP contribution >= 0.6 is 0 Å². The highest BCUT2D eigenvalue weighted by Gasteiger charge is 2.17. The summed E-state index contributed by atoms with van der Waals surface area (Å²) in [7, 11) is 1.38. The molecule has 0 saturated heterocycles. The zero-order chi connectivity index (χ0) is 16.4. The number of rotatable bonds is 11. The van der Waals surface area contributed by atoms with Gasteiger partial charge < -0.3 is 19.6 Å². The van der Waals surface area contributed by atoms with Crippen molar-refractivity contribution in [2.24, 2.45) is 0 Å². The summed E-state index contributed by atoms with van der Waals surface area (Å²) in [5, 5.41) is 9.81. The molecule has 1 rings (SSSR count). The van der Waals surface area contributed by atoms with E-state index in [2.05, 4.69) is 16.9 Å². The number of nitrogens with one attached hydrogen (secondary N) is 1. The molecule has 1 aromatic heterocycles. The molecule has 22 heavy (non-hydrogen) atoms. The molecule has 0 aliphatic heterocycles. The molecular formula is C16H28N2O4. The van der Waals surface area contributed by atoms with Crippen molar-refractivity contribution in [3.63, 3.8) is 0 Å². The third-order valence-corrected chi connectivity index (χ3v) is 3.53. The van der Waals surface area contributed by atoms with Crippen molar-refractivity contribution >= 4 is 0 Å². The average molecular weight is 312 g/mol. The molecular weight excluding hydrogens is 284 g/mol. The van der Waals surface area contributed by atoms with Gasteiger partial charge in [-0.25, -0.2) is 4.98 Å². The van der Waals surface area contributed by atoms with Gasteiger partial charge in [-0.3, -0.25) is 4.79 Å². The first-order valence-electron chi connectivity index (χ1n) is 8.04. The Hall–Kier alpha value is -1.24. The zero-order valence-corrected chi connectivity index (χ0v) is 13.9. The molecule has 0 amide bonds. The van der Waals surface area contributed by atoms with Crippen LogP contribution in [-0.4, -0.2) is 35.4 Å². The van der Waals surface area contributed by atoms with Crippen LogP contribution in [-0.2, 0) is 22.3 Å². The molecule has 0 radical (unpaired) electrons. The number of ether oxygens (including phenoxy) is 2. The molecule has 6 nitrogen and oxygen atoms in total. The van der Waals surface area contributed by atoms with Crippen LogP contribution < -0.4 is 5.56 Å². The monoisotopic (exact) mass is 312 g/mol. The van der Waals surface area contributed by atoms with Crippen molar-refractivity contribution < 1.29 is 14.6 Å². The van der Waals surface area contributed by atoms with E-state index in [1.54, 1.807) is 0 Å². The Kier molecular flexibility index (Phi) is 8.96. The summed E-state index contributed by atoms with van der Waals surface area (Å²) in [5.74, 6) is 0.516. The summed E-state index contributed by atoms with van der Waals surface area (Å²) in [6.07, 6.45) is 4.50. The number of unbranched alkanes of at least 4 members (excludes halogenated alkanes) is 3. The lowest BCUT2D eigenvalue weighted by Crippen LogP contribution is -2.23. The number of hydrogen-bond donors (Lipinski definition) is 2. The highest BCUT2D eigenvalue weighted by molar-refractivity contribution is 5.19. The van der Waals surface area contributed by atoms with E-state index < -0.39 is 6.29 Å². The van der Waals surface area contributed by atoms with E-state index in [0.29, 0.717) is 36.5 Å². The molecule has 0 saturated carbocycles. The molecule has 0 aliphatic carbocycles. The Morgan fingerprint density at radius 1 is 1.23 bits per heavy atom. The minimum absolute atomic E-state index is 0.221. The van der Waals surface area contributed by atoms with Gasteiger partial charge in [-0.15, -0.1) is 0 Å². The molecule has 1 aromatic rings. The van der Waals surface area contributed by atoms with Gasteiger partial charge in [0.2, 0.25) is 0 Å². The van der Waals surface area contributed by atoms with Crippen molar-refractivity contribution in [1.82, 2.24) is 9.97 Å². The van der Waals surface area contributed by atoms with Gasteiger partial charge in [-0.1, -0.05) is 33.1 Å². The van der Waals surface area contributed by atoms with Gasteiger partial charge in [0.25, 0.3) is 5.56 Å². The molecule has 0 spiro atoms. The standard InChI is InChI=1S/C16H28N2O4/c1-4-6-7-8-10-22-11-9-13-17-14(16(20)21-3)12(5-2)15(19)18-13/h16,20H,4-11H2,1-3H3,(H,17,18,19). The van der Waals surface area contributed by atoms with E-state index in [9.17, 15) is 9.90 Å². The first kappa shape index (κ1) is 18.8. The quantitative estimate of drug-likeness (QED) is 0.483. The van der Waals surface area contributed by atoms with Crippen LogP contribution in [0.4, 0.5) is 0 Å². The second kappa shape index (κ2) is 10.5. The number of aromatic nitrogens is 2. The second-order valence-electron chi connectivity index (χ2n) is 5.24. The first-order chi connectivity index (χ1) is 10.6. The van der Waals surface area contributed by atoms with E-state index in [1.165, 1.54) is 26.4 Å². The van der Waals surface area contributed by atoms with Crippen LogP contribution in [0.3, 0.4) is 0 Å². The molecule has 0 aliphatic rings. The van der Waals surface area contributed by atoms with Crippen LogP contribution in [0.15, 0.2) is 4.79 Å². The fourth-order valence-corrected chi connectivity index (χ4v) is 2.24. The predicted octanol–water partition coefficient (Wildman–Crippen LogP) is 2.11. The number of aromatic amines is 1. The van der Waals surface area contributed by atoms with Gasteiger partial charge in [-0.05, 0) is 12.8 Å². The lowest BCUT2D eigenvalue weighted by molar-refractivity contribution is -0.0807. The van der Waals surface area contributed by atoms with E-state index in [-0.39, 0.29) is 5.56 Å². The average Bonchev–Trinajstić information content (AvgIpc) is 2.52. The van der Waals surface area contributed by atoms with Gasteiger partial charge in [0.15, 0.2) is 6.29 Å². The maximum atomic E-state index is 12.0. The molecule has 2 N–H and O–H groups in total. The molecule has 1 heterocycles. The van der Waals surface area contributed by atoms with Gasteiger partial charge in [0, 0.05) is 25.7 Å². The normalized spacial score (nSPS) is 12.5. The SMILES string of the molecule is CCCCCCOCCc1nc(C(O)OC)c(CC)c(=O)[nH]1. The largest absolute Gasteiger partial charge is 0.381 e. The fourth-order valence-electron chi connectivity index (χ4n) is 2.24. The summed E-state index contributed by atoms with van der Waals surface area (Å²) in [5.41, 5.74) is 0.534.